The van der Waals surface area contributed by atoms with E-state index in [1.165, 1.54) is 19.3 Å². The summed E-state index contributed by atoms with van der Waals surface area (Å²) < 4.78 is 5.92. The largest absolute Gasteiger partial charge is 0.374 e. The van der Waals surface area contributed by atoms with Crippen molar-refractivity contribution >= 4 is 6.29 Å². The Labute approximate surface area is 78.6 Å². The molecule has 0 aromatic rings. The summed E-state index contributed by atoms with van der Waals surface area (Å²) in [6.07, 6.45) is 5.63. The molecule has 4 fully saturated rings. The predicted octanol–water partition coefficient (Wildman–Crippen LogP) is 1.78. The van der Waals surface area contributed by atoms with Crippen LogP contribution >= 0.6 is 0 Å². The van der Waals surface area contributed by atoms with Crippen LogP contribution in [0.1, 0.15) is 32.6 Å². The molecule has 2 heteroatoms. The molecule has 1 aliphatic heterocycles. The summed E-state index contributed by atoms with van der Waals surface area (Å²) >= 11 is 0. The van der Waals surface area contributed by atoms with Gasteiger partial charge in [-0.2, -0.15) is 0 Å². The monoisotopic (exact) mass is 180 g/mol. The Morgan fingerprint density at radius 3 is 3.15 bits per heavy atom. The van der Waals surface area contributed by atoms with Gasteiger partial charge in [-0.15, -0.1) is 0 Å². The molecule has 0 unspecified atom stereocenters. The fourth-order valence-electron chi connectivity index (χ4n) is 3.99. The summed E-state index contributed by atoms with van der Waals surface area (Å²) in [5, 5.41) is 0. The number of hydrogen-bond donors (Lipinski definition) is 0. The number of aldehydes is 1. The molecule has 1 heterocycles. The molecule has 0 aromatic heterocycles. The number of hydrogen-bond acceptors (Lipinski definition) is 2. The predicted molar refractivity (Wildman–Crippen MR) is 48.3 cm³/mol. The van der Waals surface area contributed by atoms with Crippen LogP contribution in [0.25, 0.3) is 0 Å². The molecule has 4 bridgehead atoms. The molecule has 0 aromatic carbocycles. The van der Waals surface area contributed by atoms with Crippen LogP contribution in [0.5, 0.6) is 0 Å². The zero-order valence-electron chi connectivity index (χ0n) is 8.08. The first-order valence-corrected chi connectivity index (χ1v) is 5.29. The highest BCUT2D eigenvalue weighted by Gasteiger charge is 2.68. The van der Waals surface area contributed by atoms with Crippen LogP contribution in [-0.2, 0) is 9.53 Å². The van der Waals surface area contributed by atoms with E-state index in [2.05, 4.69) is 6.92 Å². The number of carbonyl (C=O) groups is 1. The van der Waals surface area contributed by atoms with Crippen LogP contribution in [0.4, 0.5) is 0 Å². The molecule has 2 nitrogen and oxygen atoms in total. The normalized spacial score (nSPS) is 57.3. The van der Waals surface area contributed by atoms with E-state index in [9.17, 15) is 4.79 Å². The molecule has 13 heavy (non-hydrogen) atoms. The van der Waals surface area contributed by atoms with Crippen molar-refractivity contribution in [3.8, 4) is 0 Å². The van der Waals surface area contributed by atoms with Crippen molar-refractivity contribution in [2.24, 2.45) is 17.3 Å². The lowest BCUT2D eigenvalue weighted by Gasteiger charge is -2.58. The van der Waals surface area contributed by atoms with Gasteiger partial charge in [0.05, 0.1) is 12.2 Å². The van der Waals surface area contributed by atoms with Crippen molar-refractivity contribution in [1.29, 1.82) is 0 Å². The van der Waals surface area contributed by atoms with Gasteiger partial charge in [0.2, 0.25) is 0 Å². The van der Waals surface area contributed by atoms with E-state index in [0.717, 1.165) is 25.2 Å². The van der Waals surface area contributed by atoms with Gasteiger partial charge < -0.3 is 9.53 Å². The summed E-state index contributed by atoms with van der Waals surface area (Å²) in [6.45, 7) is 3.08. The second kappa shape index (κ2) is 2.17. The first kappa shape index (κ1) is 7.98. The summed E-state index contributed by atoms with van der Waals surface area (Å²) in [4.78, 5) is 10.7. The van der Waals surface area contributed by atoms with E-state index in [1.54, 1.807) is 0 Å². The van der Waals surface area contributed by atoms with Crippen molar-refractivity contribution in [2.45, 2.75) is 38.2 Å². The van der Waals surface area contributed by atoms with Gasteiger partial charge in [-0.25, -0.2) is 0 Å². The fourth-order valence-corrected chi connectivity index (χ4v) is 3.99. The number of carbonyl (C=O) groups excluding carboxylic acids is 1. The Kier molecular flexibility index (Phi) is 1.33. The highest BCUT2D eigenvalue weighted by molar-refractivity contribution is 5.52. The van der Waals surface area contributed by atoms with Gasteiger partial charge in [-0.1, -0.05) is 0 Å². The highest BCUT2D eigenvalue weighted by atomic mass is 16.5. The molecule has 0 radical (unpaired) electrons. The maximum absolute atomic E-state index is 10.7. The van der Waals surface area contributed by atoms with Crippen molar-refractivity contribution in [3.05, 3.63) is 0 Å². The van der Waals surface area contributed by atoms with Gasteiger partial charge >= 0.3 is 0 Å². The molecule has 0 spiro atoms. The van der Waals surface area contributed by atoms with E-state index in [0.29, 0.717) is 5.92 Å². The molecule has 4 rings (SSSR count). The van der Waals surface area contributed by atoms with Crippen molar-refractivity contribution in [2.75, 3.05) is 6.61 Å². The van der Waals surface area contributed by atoms with Gasteiger partial charge in [0.15, 0.2) is 0 Å². The minimum atomic E-state index is 0.123. The lowest BCUT2D eigenvalue weighted by Crippen LogP contribution is -2.57. The smallest absolute Gasteiger partial charge is 0.120 e. The third-order valence-corrected chi connectivity index (χ3v) is 4.89. The number of rotatable bonds is 2. The van der Waals surface area contributed by atoms with Crippen LogP contribution in [0, 0.1) is 17.3 Å². The summed E-state index contributed by atoms with van der Waals surface area (Å²) in [7, 11) is 0. The minimum Gasteiger partial charge on any atom is -0.374 e. The third-order valence-electron chi connectivity index (χ3n) is 4.89. The average molecular weight is 180 g/mol. The Morgan fingerprint density at radius 2 is 2.46 bits per heavy atom. The molecule has 4 aliphatic rings. The van der Waals surface area contributed by atoms with Gasteiger partial charge in [0.25, 0.3) is 0 Å². The van der Waals surface area contributed by atoms with E-state index >= 15 is 0 Å². The SMILES string of the molecule is C[C@@]12CC[C@H]3C[C@@H]1[C@@]3(CC=O)CO2. The van der Waals surface area contributed by atoms with Crippen LogP contribution in [-0.4, -0.2) is 18.5 Å². The first-order chi connectivity index (χ1) is 6.21. The molecule has 72 valence electrons. The Bertz CT molecular complexity index is 261. The summed E-state index contributed by atoms with van der Waals surface area (Å²) in [5.74, 6) is 1.47. The van der Waals surface area contributed by atoms with Crippen LogP contribution in [0.3, 0.4) is 0 Å². The lowest BCUT2D eigenvalue weighted by atomic mass is 9.44. The molecule has 3 aliphatic carbocycles. The zero-order chi connectivity index (χ0) is 9.10. The van der Waals surface area contributed by atoms with Crippen LogP contribution in [0.2, 0.25) is 0 Å². The lowest BCUT2D eigenvalue weighted by molar-refractivity contribution is -0.128. The van der Waals surface area contributed by atoms with Gasteiger partial charge in [-0.05, 0) is 38.0 Å². The van der Waals surface area contributed by atoms with Gasteiger partial charge in [0, 0.05) is 11.8 Å². The van der Waals surface area contributed by atoms with Crippen LogP contribution in [0.15, 0.2) is 0 Å². The average Bonchev–Trinajstić information content (AvgIpc) is 2.24. The van der Waals surface area contributed by atoms with Crippen molar-refractivity contribution in [1.82, 2.24) is 0 Å². The first-order valence-electron chi connectivity index (χ1n) is 5.29. The maximum Gasteiger partial charge on any atom is 0.120 e. The molecular weight excluding hydrogens is 164 g/mol. The van der Waals surface area contributed by atoms with E-state index < -0.39 is 0 Å². The van der Waals surface area contributed by atoms with Crippen molar-refractivity contribution < 1.29 is 9.53 Å². The standard InChI is InChI=1S/C11H16O2/c1-10-3-2-8-6-9(10)11(8,4-5-12)7-13-10/h5,8-9H,2-4,6-7H2,1H3/t8-,9-,10+,11-/m0/s1. The second-order valence-electron chi connectivity index (χ2n) is 5.23. The topological polar surface area (TPSA) is 26.3 Å². The van der Waals surface area contributed by atoms with Crippen LogP contribution < -0.4 is 0 Å². The molecule has 3 saturated carbocycles. The van der Waals surface area contributed by atoms with E-state index in [4.69, 9.17) is 4.74 Å². The second-order valence-corrected chi connectivity index (χ2v) is 5.23. The summed E-state index contributed by atoms with van der Waals surface area (Å²) in [6, 6.07) is 0. The number of fused-ring (bicyclic) bond motifs is 1. The molecule has 0 N–H and O–H groups in total. The molecular formula is C11H16O2. The quantitative estimate of drug-likeness (QED) is 0.605. The molecule has 0 amide bonds. The molecule has 1 saturated heterocycles. The third kappa shape index (κ3) is 0.723. The maximum atomic E-state index is 10.7. The Balaban J connectivity index is 1.96. The Hall–Kier alpha value is -0.370. The summed E-state index contributed by atoms with van der Waals surface area (Å²) in [5.41, 5.74) is 0.395. The minimum absolute atomic E-state index is 0.123. The van der Waals surface area contributed by atoms with E-state index in [-0.39, 0.29) is 11.0 Å². The van der Waals surface area contributed by atoms with Gasteiger partial charge in [0.1, 0.15) is 6.29 Å². The Morgan fingerprint density at radius 1 is 1.62 bits per heavy atom. The van der Waals surface area contributed by atoms with Gasteiger partial charge in [-0.3, -0.25) is 0 Å². The molecule has 4 atom stereocenters. The van der Waals surface area contributed by atoms with E-state index in [1.807, 2.05) is 0 Å². The fraction of sp³-hybridized carbons (Fsp3) is 0.909. The highest BCUT2D eigenvalue weighted by Crippen LogP contribution is 2.69. The van der Waals surface area contributed by atoms with Crippen molar-refractivity contribution in [3.63, 3.8) is 0 Å². The zero-order valence-corrected chi connectivity index (χ0v) is 8.08. The number of ether oxygens (including phenoxy) is 1.